The molecule has 7 heteroatoms. The number of benzene rings is 1. The predicted octanol–water partition coefficient (Wildman–Crippen LogP) is 2.75. The first-order chi connectivity index (χ1) is 8.56. The lowest BCUT2D eigenvalue weighted by molar-refractivity contribution is 0.0691. The number of carboxylic acid groups (broad SMARTS) is 1. The van der Waals surface area contributed by atoms with Gasteiger partial charge < -0.3 is 5.11 Å². The van der Waals surface area contributed by atoms with Crippen molar-refractivity contribution in [2.45, 2.75) is 0 Å². The molecule has 18 heavy (non-hydrogen) atoms. The molecular formula is C11H7ClN2O3S. The fraction of sp³-hybridized carbons (Fsp3) is 0. The molecule has 0 fully saturated rings. The number of aromatic nitrogens is 1. The van der Waals surface area contributed by atoms with E-state index in [9.17, 15) is 9.59 Å². The largest absolute Gasteiger partial charge is 0.476 e. The number of amides is 1. The van der Waals surface area contributed by atoms with Gasteiger partial charge >= 0.3 is 5.97 Å². The van der Waals surface area contributed by atoms with Gasteiger partial charge in [0.25, 0.3) is 5.91 Å². The lowest BCUT2D eigenvalue weighted by Crippen LogP contribution is -2.11. The summed E-state index contributed by atoms with van der Waals surface area (Å²) >= 11 is 6.76. The van der Waals surface area contributed by atoms with E-state index >= 15 is 0 Å². The van der Waals surface area contributed by atoms with Gasteiger partial charge in [-0.2, -0.15) is 0 Å². The van der Waals surface area contributed by atoms with Crippen molar-refractivity contribution in [3.8, 4) is 0 Å². The summed E-state index contributed by atoms with van der Waals surface area (Å²) in [5.41, 5.74) is 0.331. The van der Waals surface area contributed by atoms with E-state index in [-0.39, 0.29) is 16.7 Å². The third kappa shape index (κ3) is 2.85. The standard InChI is InChI=1S/C11H7ClN2O3S/c12-7-3-1-6(2-4-7)9(15)14-11-13-8(5-18-11)10(16)17/h1-5H,(H,16,17)(H,13,14,15). The minimum absolute atomic E-state index is 0.0913. The van der Waals surface area contributed by atoms with Crippen molar-refractivity contribution in [1.29, 1.82) is 0 Å². The summed E-state index contributed by atoms with van der Waals surface area (Å²) in [5.74, 6) is -1.49. The Balaban J connectivity index is 2.11. The van der Waals surface area contributed by atoms with E-state index in [4.69, 9.17) is 16.7 Å². The Morgan fingerprint density at radius 3 is 2.50 bits per heavy atom. The Labute approximate surface area is 111 Å². The average molecular weight is 283 g/mol. The maximum Gasteiger partial charge on any atom is 0.355 e. The number of carbonyl (C=O) groups excluding carboxylic acids is 1. The van der Waals surface area contributed by atoms with Crippen molar-refractivity contribution in [3.05, 3.63) is 45.9 Å². The highest BCUT2D eigenvalue weighted by Gasteiger charge is 2.11. The van der Waals surface area contributed by atoms with E-state index in [2.05, 4.69) is 10.3 Å². The monoisotopic (exact) mass is 282 g/mol. The fourth-order valence-electron chi connectivity index (χ4n) is 1.20. The van der Waals surface area contributed by atoms with Gasteiger partial charge in [-0.25, -0.2) is 9.78 Å². The normalized spacial score (nSPS) is 10.1. The van der Waals surface area contributed by atoms with Gasteiger partial charge in [-0.15, -0.1) is 11.3 Å². The van der Waals surface area contributed by atoms with Crippen LogP contribution in [0, 0.1) is 0 Å². The number of thiazole rings is 1. The third-order valence-electron chi connectivity index (χ3n) is 2.05. The Bertz CT molecular complexity index is 595. The molecule has 0 bridgehead atoms. The van der Waals surface area contributed by atoms with Gasteiger partial charge in [0.2, 0.25) is 0 Å². The number of nitrogens with zero attached hydrogens (tertiary/aromatic N) is 1. The summed E-state index contributed by atoms with van der Waals surface area (Å²) in [6, 6.07) is 6.34. The Kier molecular flexibility index (Phi) is 3.59. The first-order valence-electron chi connectivity index (χ1n) is 4.82. The molecule has 5 nitrogen and oxygen atoms in total. The highest BCUT2D eigenvalue weighted by molar-refractivity contribution is 7.14. The Hall–Kier alpha value is -1.92. The third-order valence-corrected chi connectivity index (χ3v) is 3.06. The zero-order valence-electron chi connectivity index (χ0n) is 8.88. The molecule has 2 aromatic rings. The molecule has 0 atom stereocenters. The van der Waals surface area contributed by atoms with Crippen molar-refractivity contribution in [1.82, 2.24) is 4.98 Å². The molecule has 0 radical (unpaired) electrons. The lowest BCUT2D eigenvalue weighted by Gasteiger charge is -2.01. The van der Waals surface area contributed by atoms with Crippen LogP contribution in [0.15, 0.2) is 29.6 Å². The van der Waals surface area contributed by atoms with Crippen molar-refractivity contribution < 1.29 is 14.7 Å². The minimum Gasteiger partial charge on any atom is -0.476 e. The van der Waals surface area contributed by atoms with Crippen LogP contribution >= 0.6 is 22.9 Å². The fourth-order valence-corrected chi connectivity index (χ4v) is 2.01. The lowest BCUT2D eigenvalue weighted by atomic mass is 10.2. The van der Waals surface area contributed by atoms with Crippen LogP contribution in [-0.4, -0.2) is 22.0 Å². The smallest absolute Gasteiger partial charge is 0.355 e. The molecule has 0 aliphatic rings. The molecule has 0 saturated heterocycles. The molecule has 1 aromatic heterocycles. The number of carboxylic acids is 1. The van der Waals surface area contributed by atoms with Crippen LogP contribution in [0.3, 0.4) is 0 Å². The molecule has 1 heterocycles. The van der Waals surface area contributed by atoms with E-state index in [1.807, 2.05) is 0 Å². The average Bonchev–Trinajstić information content (AvgIpc) is 2.78. The molecule has 0 spiro atoms. The highest BCUT2D eigenvalue weighted by Crippen LogP contribution is 2.17. The zero-order chi connectivity index (χ0) is 13.1. The van der Waals surface area contributed by atoms with Crippen molar-refractivity contribution in [2.24, 2.45) is 0 Å². The van der Waals surface area contributed by atoms with Crippen LogP contribution in [0.5, 0.6) is 0 Å². The number of nitrogens with one attached hydrogen (secondary N) is 1. The quantitative estimate of drug-likeness (QED) is 0.907. The second-order valence-corrected chi connectivity index (χ2v) is 4.60. The van der Waals surface area contributed by atoms with Crippen molar-refractivity contribution in [2.75, 3.05) is 5.32 Å². The van der Waals surface area contributed by atoms with E-state index in [1.165, 1.54) is 5.38 Å². The summed E-state index contributed by atoms with van der Waals surface area (Å²) in [7, 11) is 0. The van der Waals surface area contributed by atoms with Crippen LogP contribution in [0.25, 0.3) is 0 Å². The van der Waals surface area contributed by atoms with Crippen LogP contribution in [0.1, 0.15) is 20.8 Å². The van der Waals surface area contributed by atoms with Crippen molar-refractivity contribution >= 4 is 39.9 Å². The molecule has 0 unspecified atom stereocenters. The predicted molar refractivity (Wildman–Crippen MR) is 68.5 cm³/mol. The first-order valence-corrected chi connectivity index (χ1v) is 6.08. The molecule has 0 aliphatic heterocycles. The molecule has 1 amide bonds. The Morgan fingerprint density at radius 2 is 1.94 bits per heavy atom. The molecule has 0 aliphatic carbocycles. The van der Waals surface area contributed by atoms with Gasteiger partial charge in [0.05, 0.1) is 0 Å². The summed E-state index contributed by atoms with van der Waals surface area (Å²) in [6.45, 7) is 0. The highest BCUT2D eigenvalue weighted by atomic mass is 35.5. The zero-order valence-corrected chi connectivity index (χ0v) is 10.5. The Morgan fingerprint density at radius 1 is 1.28 bits per heavy atom. The molecule has 2 rings (SSSR count). The minimum atomic E-state index is -1.13. The first kappa shape index (κ1) is 12.5. The van der Waals surface area contributed by atoms with Crippen LogP contribution in [-0.2, 0) is 0 Å². The summed E-state index contributed by atoms with van der Waals surface area (Å²) in [5, 5.41) is 13.4. The number of hydrogen-bond acceptors (Lipinski definition) is 4. The van der Waals surface area contributed by atoms with Gasteiger partial charge in [0.1, 0.15) is 0 Å². The molecule has 92 valence electrons. The van der Waals surface area contributed by atoms with E-state index in [1.54, 1.807) is 24.3 Å². The second kappa shape index (κ2) is 5.16. The molecular weight excluding hydrogens is 276 g/mol. The summed E-state index contributed by atoms with van der Waals surface area (Å²) in [4.78, 5) is 26.1. The summed E-state index contributed by atoms with van der Waals surface area (Å²) in [6.07, 6.45) is 0. The molecule has 2 N–H and O–H groups in total. The number of aromatic carboxylic acids is 1. The van der Waals surface area contributed by atoms with Crippen LogP contribution < -0.4 is 5.32 Å². The van der Waals surface area contributed by atoms with Crippen LogP contribution in [0.2, 0.25) is 5.02 Å². The maximum absolute atomic E-state index is 11.8. The van der Waals surface area contributed by atoms with Gasteiger partial charge in [-0.3, -0.25) is 10.1 Å². The second-order valence-electron chi connectivity index (χ2n) is 3.30. The topological polar surface area (TPSA) is 79.3 Å². The van der Waals surface area contributed by atoms with E-state index in [0.717, 1.165) is 11.3 Å². The number of rotatable bonds is 3. The SMILES string of the molecule is O=C(Nc1nc(C(=O)O)cs1)c1ccc(Cl)cc1. The number of hydrogen-bond donors (Lipinski definition) is 2. The van der Waals surface area contributed by atoms with Crippen LogP contribution in [0.4, 0.5) is 5.13 Å². The van der Waals surface area contributed by atoms with E-state index in [0.29, 0.717) is 10.6 Å². The number of halogens is 1. The molecule has 1 aromatic carbocycles. The number of carbonyl (C=O) groups is 2. The number of anilines is 1. The van der Waals surface area contributed by atoms with E-state index < -0.39 is 5.97 Å². The van der Waals surface area contributed by atoms with Gasteiger partial charge in [0, 0.05) is 16.0 Å². The van der Waals surface area contributed by atoms with Crippen molar-refractivity contribution in [3.63, 3.8) is 0 Å². The maximum atomic E-state index is 11.8. The summed E-state index contributed by atoms with van der Waals surface area (Å²) < 4.78 is 0. The molecule has 0 saturated carbocycles. The van der Waals surface area contributed by atoms with Gasteiger partial charge in [-0.05, 0) is 24.3 Å². The van der Waals surface area contributed by atoms with Gasteiger partial charge in [-0.1, -0.05) is 11.6 Å². The van der Waals surface area contributed by atoms with Gasteiger partial charge in [0.15, 0.2) is 10.8 Å².